The van der Waals surface area contributed by atoms with E-state index in [0.717, 1.165) is 17.2 Å². The van der Waals surface area contributed by atoms with Crippen LogP contribution in [0.4, 0.5) is 11.1 Å². The van der Waals surface area contributed by atoms with E-state index in [9.17, 15) is 0 Å². The second-order valence-electron chi connectivity index (χ2n) is 3.27. The summed E-state index contributed by atoms with van der Waals surface area (Å²) in [5.41, 5.74) is 7.72. The molecular formula is C10H13N5S. The Bertz CT molecular complexity index is 468. The molecule has 0 bridgehead atoms. The summed E-state index contributed by atoms with van der Waals surface area (Å²) in [5, 5.41) is 3.89. The molecule has 0 aromatic carbocycles. The van der Waals surface area contributed by atoms with Gasteiger partial charge in [0.2, 0.25) is 11.1 Å². The fourth-order valence-electron chi connectivity index (χ4n) is 1.42. The molecule has 0 radical (unpaired) electrons. The summed E-state index contributed by atoms with van der Waals surface area (Å²) in [7, 11) is 0. The van der Waals surface area contributed by atoms with Crippen molar-refractivity contribution < 1.29 is 0 Å². The average Bonchev–Trinajstić information content (AvgIpc) is 2.73. The third kappa shape index (κ3) is 2.46. The lowest BCUT2D eigenvalue weighted by atomic mass is 10.1. The summed E-state index contributed by atoms with van der Waals surface area (Å²) < 4.78 is 3.90. The van der Waals surface area contributed by atoms with Crippen molar-refractivity contribution >= 4 is 22.6 Å². The molecule has 0 aliphatic heterocycles. The molecule has 0 saturated heterocycles. The zero-order chi connectivity index (χ0) is 11.4. The van der Waals surface area contributed by atoms with Crippen molar-refractivity contribution in [1.82, 2.24) is 14.3 Å². The zero-order valence-electron chi connectivity index (χ0n) is 8.97. The van der Waals surface area contributed by atoms with Crippen molar-refractivity contribution in [3.63, 3.8) is 0 Å². The van der Waals surface area contributed by atoms with Crippen LogP contribution in [0.15, 0.2) is 18.3 Å². The lowest BCUT2D eigenvalue weighted by Gasteiger charge is -2.06. The van der Waals surface area contributed by atoms with E-state index in [1.54, 1.807) is 6.20 Å². The van der Waals surface area contributed by atoms with Crippen LogP contribution in [0.2, 0.25) is 0 Å². The van der Waals surface area contributed by atoms with Crippen molar-refractivity contribution in [2.75, 3.05) is 11.1 Å². The fourth-order valence-corrected chi connectivity index (χ4v) is 1.91. The molecule has 0 spiro atoms. The maximum absolute atomic E-state index is 5.44. The zero-order valence-corrected chi connectivity index (χ0v) is 9.79. The number of hydrogen-bond donors (Lipinski definition) is 2. The molecule has 0 atom stereocenters. The third-order valence-electron chi connectivity index (χ3n) is 2.21. The van der Waals surface area contributed by atoms with Gasteiger partial charge in [-0.25, -0.2) is 0 Å². The second kappa shape index (κ2) is 4.89. The Labute approximate surface area is 97.9 Å². The first-order valence-corrected chi connectivity index (χ1v) is 5.82. The summed E-state index contributed by atoms with van der Waals surface area (Å²) in [6.07, 6.45) is 2.77. The molecular weight excluding hydrogens is 222 g/mol. The maximum Gasteiger partial charge on any atom is 0.233 e. The van der Waals surface area contributed by atoms with Gasteiger partial charge in [0.1, 0.15) is 0 Å². The Morgan fingerprint density at radius 2 is 2.38 bits per heavy atom. The van der Waals surface area contributed by atoms with Crippen LogP contribution in [-0.2, 0) is 13.0 Å². The maximum atomic E-state index is 5.44. The molecule has 0 fully saturated rings. The first kappa shape index (κ1) is 10.8. The van der Waals surface area contributed by atoms with E-state index < -0.39 is 0 Å². The first-order chi connectivity index (χ1) is 7.79. The highest BCUT2D eigenvalue weighted by Gasteiger charge is 2.03. The molecule has 0 unspecified atom stereocenters. The molecule has 0 aliphatic carbocycles. The van der Waals surface area contributed by atoms with Crippen molar-refractivity contribution in [1.29, 1.82) is 0 Å². The van der Waals surface area contributed by atoms with Crippen LogP contribution in [0.3, 0.4) is 0 Å². The van der Waals surface area contributed by atoms with Crippen molar-refractivity contribution in [2.24, 2.45) is 0 Å². The quantitative estimate of drug-likeness (QED) is 0.843. The van der Waals surface area contributed by atoms with Crippen LogP contribution < -0.4 is 11.1 Å². The molecule has 2 rings (SSSR count). The van der Waals surface area contributed by atoms with Gasteiger partial charge in [0.25, 0.3) is 0 Å². The van der Waals surface area contributed by atoms with Gasteiger partial charge < -0.3 is 11.1 Å². The normalized spacial score (nSPS) is 10.3. The lowest BCUT2D eigenvalue weighted by molar-refractivity contribution is 0.969. The van der Waals surface area contributed by atoms with Gasteiger partial charge in [0, 0.05) is 17.7 Å². The Hall–Kier alpha value is -1.69. The fraction of sp³-hybridized carbons (Fsp3) is 0.300. The van der Waals surface area contributed by atoms with Crippen LogP contribution in [0.1, 0.15) is 18.2 Å². The number of nitrogens with two attached hydrogens (primary N) is 1. The van der Waals surface area contributed by atoms with E-state index in [1.807, 2.05) is 6.07 Å². The molecule has 16 heavy (non-hydrogen) atoms. The molecule has 84 valence electrons. The molecule has 0 amide bonds. The van der Waals surface area contributed by atoms with Crippen LogP contribution in [0, 0.1) is 0 Å². The molecule has 2 heterocycles. The molecule has 2 aromatic rings. The van der Waals surface area contributed by atoms with Gasteiger partial charge in [-0.3, -0.25) is 4.98 Å². The van der Waals surface area contributed by atoms with Gasteiger partial charge in [-0.1, -0.05) is 13.0 Å². The molecule has 0 saturated carbocycles. The lowest BCUT2D eigenvalue weighted by Crippen LogP contribution is -2.04. The standard InChI is InChI=1S/C10H13N5S/c1-2-7-4-3-5-12-8(7)6-13-10-14-9(11)15-16-10/h3-5H,2,6H2,1H3,(H3,11,13,14,15). The number of nitrogens with zero attached hydrogens (tertiary/aromatic N) is 3. The summed E-state index contributed by atoms with van der Waals surface area (Å²) in [6, 6.07) is 4.03. The monoisotopic (exact) mass is 235 g/mol. The number of nitrogen functional groups attached to an aromatic ring is 1. The third-order valence-corrected chi connectivity index (χ3v) is 2.90. The SMILES string of the molecule is CCc1cccnc1CNc1nc(N)ns1. The van der Waals surface area contributed by atoms with Crippen molar-refractivity contribution in [2.45, 2.75) is 19.9 Å². The number of aryl methyl sites for hydroxylation is 1. The number of pyridine rings is 1. The summed E-state index contributed by atoms with van der Waals surface area (Å²) >= 11 is 1.26. The van der Waals surface area contributed by atoms with Crippen molar-refractivity contribution in [3.8, 4) is 0 Å². The minimum Gasteiger partial charge on any atom is -0.367 e. The predicted octanol–water partition coefficient (Wildman–Crippen LogP) is 1.69. The van der Waals surface area contributed by atoms with E-state index >= 15 is 0 Å². The molecule has 6 heteroatoms. The topological polar surface area (TPSA) is 76.7 Å². The smallest absolute Gasteiger partial charge is 0.233 e. The van der Waals surface area contributed by atoms with Gasteiger partial charge in [0.05, 0.1) is 12.2 Å². The highest BCUT2D eigenvalue weighted by Crippen LogP contribution is 2.14. The Kier molecular flexibility index (Phi) is 3.31. The van der Waals surface area contributed by atoms with E-state index in [1.165, 1.54) is 17.1 Å². The predicted molar refractivity (Wildman–Crippen MR) is 65.3 cm³/mol. The summed E-state index contributed by atoms with van der Waals surface area (Å²) in [4.78, 5) is 8.36. The molecule has 3 N–H and O–H groups in total. The van der Waals surface area contributed by atoms with Gasteiger partial charge in [-0.05, 0) is 18.1 Å². The molecule has 5 nitrogen and oxygen atoms in total. The van der Waals surface area contributed by atoms with Crippen LogP contribution >= 0.6 is 11.5 Å². The van der Waals surface area contributed by atoms with E-state index in [4.69, 9.17) is 5.73 Å². The highest BCUT2D eigenvalue weighted by atomic mass is 32.1. The van der Waals surface area contributed by atoms with Crippen LogP contribution in [-0.4, -0.2) is 14.3 Å². The minimum atomic E-state index is 0.309. The number of nitrogens with one attached hydrogen (secondary N) is 1. The second-order valence-corrected chi connectivity index (χ2v) is 4.03. The van der Waals surface area contributed by atoms with Gasteiger partial charge >= 0.3 is 0 Å². The van der Waals surface area contributed by atoms with Gasteiger partial charge in [-0.15, -0.1) is 0 Å². The Morgan fingerprint density at radius 1 is 1.50 bits per heavy atom. The summed E-state index contributed by atoms with van der Waals surface area (Å²) in [5.74, 6) is 0.309. The average molecular weight is 235 g/mol. The van der Waals surface area contributed by atoms with Crippen LogP contribution in [0.25, 0.3) is 0 Å². The number of anilines is 2. The van der Waals surface area contributed by atoms with Crippen molar-refractivity contribution in [3.05, 3.63) is 29.6 Å². The Balaban J connectivity index is 2.04. The number of aromatic nitrogens is 3. The Morgan fingerprint density at radius 3 is 3.06 bits per heavy atom. The van der Waals surface area contributed by atoms with Gasteiger partial charge in [-0.2, -0.15) is 9.36 Å². The summed E-state index contributed by atoms with van der Waals surface area (Å²) in [6.45, 7) is 2.77. The van der Waals surface area contributed by atoms with Gasteiger partial charge in [0.15, 0.2) is 0 Å². The highest BCUT2D eigenvalue weighted by molar-refractivity contribution is 7.09. The molecule has 0 aliphatic rings. The van der Waals surface area contributed by atoms with E-state index in [2.05, 4.69) is 32.6 Å². The first-order valence-electron chi connectivity index (χ1n) is 5.05. The number of hydrogen-bond acceptors (Lipinski definition) is 6. The molecule has 2 aromatic heterocycles. The number of rotatable bonds is 4. The minimum absolute atomic E-state index is 0.309. The largest absolute Gasteiger partial charge is 0.367 e. The van der Waals surface area contributed by atoms with E-state index in [0.29, 0.717) is 12.5 Å². The van der Waals surface area contributed by atoms with Crippen LogP contribution in [0.5, 0.6) is 0 Å². The van der Waals surface area contributed by atoms with E-state index in [-0.39, 0.29) is 0 Å².